The van der Waals surface area contributed by atoms with Gasteiger partial charge in [-0.15, -0.1) is 6.42 Å². The molecular weight excluding hydrogens is 182 g/mol. The Hall–Kier alpha value is -2.09. The molecule has 0 atom stereocenters. The summed E-state index contributed by atoms with van der Waals surface area (Å²) in [7, 11) is 1.56. The maximum atomic E-state index is 11.5. The Kier molecular flexibility index (Phi) is 3.02. The molecule has 0 aromatic carbocycles. The van der Waals surface area contributed by atoms with E-state index in [0.717, 1.165) is 6.20 Å². The average Bonchev–Trinajstić information content (AvgIpc) is 2.18. The SMILES string of the molecule is C#CCN(C)C(=O)c1c[nH]c(=O)cn1. The van der Waals surface area contributed by atoms with Gasteiger partial charge in [0.1, 0.15) is 5.69 Å². The highest BCUT2D eigenvalue weighted by molar-refractivity contribution is 5.91. The van der Waals surface area contributed by atoms with Crippen LogP contribution in [0.15, 0.2) is 17.2 Å². The van der Waals surface area contributed by atoms with Gasteiger partial charge in [0.25, 0.3) is 11.5 Å². The Bertz CT molecular complexity index is 410. The minimum atomic E-state index is -0.346. The first-order valence-corrected chi connectivity index (χ1v) is 3.89. The number of terminal acetylenes is 1. The number of nitrogens with zero attached hydrogens (tertiary/aromatic N) is 2. The first-order chi connectivity index (χ1) is 6.65. The number of hydrogen-bond donors (Lipinski definition) is 1. The fourth-order valence-corrected chi connectivity index (χ4v) is 0.863. The molecule has 0 unspecified atom stereocenters. The van der Waals surface area contributed by atoms with Gasteiger partial charge in [-0.05, 0) is 0 Å². The number of amides is 1. The molecule has 5 nitrogen and oxygen atoms in total. The number of nitrogens with one attached hydrogen (secondary N) is 1. The van der Waals surface area contributed by atoms with Crippen molar-refractivity contribution < 1.29 is 4.79 Å². The lowest BCUT2D eigenvalue weighted by Gasteiger charge is -2.12. The highest BCUT2D eigenvalue weighted by Crippen LogP contribution is 1.94. The molecule has 1 amide bonds. The minimum absolute atomic E-state index is 0.169. The summed E-state index contributed by atoms with van der Waals surface area (Å²) in [6.45, 7) is 0.208. The van der Waals surface area contributed by atoms with E-state index in [1.807, 2.05) is 0 Å². The van der Waals surface area contributed by atoms with E-state index in [-0.39, 0.29) is 23.7 Å². The molecule has 14 heavy (non-hydrogen) atoms. The van der Waals surface area contributed by atoms with Gasteiger partial charge in [0.05, 0.1) is 12.7 Å². The van der Waals surface area contributed by atoms with Gasteiger partial charge in [0, 0.05) is 13.2 Å². The monoisotopic (exact) mass is 191 g/mol. The van der Waals surface area contributed by atoms with Crippen LogP contribution in [0.5, 0.6) is 0 Å². The average molecular weight is 191 g/mol. The summed E-state index contributed by atoms with van der Waals surface area (Å²) in [6.07, 6.45) is 7.36. The smallest absolute Gasteiger partial charge is 0.274 e. The Morgan fingerprint density at radius 3 is 3.00 bits per heavy atom. The van der Waals surface area contributed by atoms with Crippen LogP contribution in [0.4, 0.5) is 0 Å². The molecule has 0 radical (unpaired) electrons. The van der Waals surface area contributed by atoms with E-state index in [4.69, 9.17) is 6.42 Å². The minimum Gasteiger partial charge on any atom is -0.329 e. The van der Waals surface area contributed by atoms with Gasteiger partial charge in [-0.2, -0.15) is 0 Å². The summed E-state index contributed by atoms with van der Waals surface area (Å²) in [5.41, 5.74) is -0.177. The van der Waals surface area contributed by atoms with Crippen molar-refractivity contribution in [2.45, 2.75) is 0 Å². The Balaban J connectivity index is 2.85. The van der Waals surface area contributed by atoms with Crippen molar-refractivity contribution in [3.63, 3.8) is 0 Å². The third-order valence-corrected chi connectivity index (χ3v) is 1.57. The summed E-state index contributed by atoms with van der Waals surface area (Å²) < 4.78 is 0. The number of carbonyl (C=O) groups excluding carboxylic acids is 1. The van der Waals surface area contributed by atoms with Gasteiger partial charge in [-0.1, -0.05) is 5.92 Å². The number of H-pyrrole nitrogens is 1. The molecule has 1 rings (SSSR count). The predicted octanol–water partition coefficient (Wildman–Crippen LogP) is -0.525. The highest BCUT2D eigenvalue weighted by Gasteiger charge is 2.11. The van der Waals surface area contributed by atoms with E-state index in [0.29, 0.717) is 0 Å². The molecule has 5 heteroatoms. The highest BCUT2D eigenvalue weighted by atomic mass is 16.2. The molecule has 1 aromatic heterocycles. The van der Waals surface area contributed by atoms with E-state index < -0.39 is 0 Å². The predicted molar refractivity (Wildman–Crippen MR) is 50.7 cm³/mol. The lowest BCUT2D eigenvalue weighted by molar-refractivity contribution is 0.0806. The number of aromatic nitrogens is 2. The van der Waals surface area contributed by atoms with E-state index in [9.17, 15) is 9.59 Å². The van der Waals surface area contributed by atoms with Gasteiger partial charge in [-0.3, -0.25) is 9.59 Å². The third-order valence-electron chi connectivity index (χ3n) is 1.57. The van der Waals surface area contributed by atoms with Crippen molar-refractivity contribution >= 4 is 5.91 Å². The zero-order chi connectivity index (χ0) is 10.6. The number of rotatable bonds is 2. The normalized spacial score (nSPS) is 9.14. The molecular formula is C9H9N3O2. The molecule has 0 aliphatic rings. The lowest BCUT2D eigenvalue weighted by Crippen LogP contribution is -2.28. The van der Waals surface area contributed by atoms with Crippen LogP contribution in [0, 0.1) is 12.3 Å². The molecule has 0 bridgehead atoms. The number of hydrogen-bond acceptors (Lipinski definition) is 3. The second kappa shape index (κ2) is 4.23. The van der Waals surface area contributed by atoms with Crippen LogP contribution in [-0.4, -0.2) is 34.4 Å². The van der Waals surface area contributed by atoms with Gasteiger partial charge in [0.15, 0.2) is 0 Å². The quantitative estimate of drug-likeness (QED) is 0.639. The van der Waals surface area contributed by atoms with Crippen molar-refractivity contribution in [1.82, 2.24) is 14.9 Å². The standard InChI is InChI=1S/C9H9N3O2/c1-3-4-12(2)9(14)7-5-11-8(13)6-10-7/h1,5-6H,4H2,2H3,(H,11,13). The first kappa shape index (κ1) is 9.99. The first-order valence-electron chi connectivity index (χ1n) is 3.89. The Morgan fingerprint density at radius 1 is 1.79 bits per heavy atom. The van der Waals surface area contributed by atoms with E-state index in [2.05, 4.69) is 15.9 Å². The van der Waals surface area contributed by atoms with Crippen LogP contribution in [-0.2, 0) is 0 Å². The van der Waals surface area contributed by atoms with Crippen LogP contribution in [0.1, 0.15) is 10.5 Å². The molecule has 1 aromatic rings. The molecule has 0 aliphatic carbocycles. The third kappa shape index (κ3) is 2.20. The van der Waals surface area contributed by atoms with Crippen molar-refractivity contribution in [2.24, 2.45) is 0 Å². The molecule has 0 fully saturated rings. The van der Waals surface area contributed by atoms with Crippen LogP contribution in [0.3, 0.4) is 0 Å². The van der Waals surface area contributed by atoms with E-state index in [1.54, 1.807) is 7.05 Å². The molecule has 72 valence electrons. The fraction of sp³-hybridized carbons (Fsp3) is 0.222. The van der Waals surface area contributed by atoms with Crippen LogP contribution in [0.2, 0.25) is 0 Å². The molecule has 1 heterocycles. The van der Waals surface area contributed by atoms with E-state index in [1.165, 1.54) is 11.1 Å². The molecule has 0 aliphatic heterocycles. The van der Waals surface area contributed by atoms with Crippen molar-refractivity contribution in [1.29, 1.82) is 0 Å². The van der Waals surface area contributed by atoms with Crippen molar-refractivity contribution in [3.05, 3.63) is 28.4 Å². The van der Waals surface area contributed by atoms with Gasteiger partial charge < -0.3 is 9.88 Å². The zero-order valence-corrected chi connectivity index (χ0v) is 7.65. The van der Waals surface area contributed by atoms with Gasteiger partial charge in [-0.25, -0.2) is 4.98 Å². The lowest BCUT2D eigenvalue weighted by atomic mass is 10.4. The molecule has 0 spiro atoms. The van der Waals surface area contributed by atoms with Gasteiger partial charge in [0.2, 0.25) is 0 Å². The molecule has 0 saturated heterocycles. The summed E-state index contributed by atoms with van der Waals surface area (Å²) in [6, 6.07) is 0. The van der Waals surface area contributed by atoms with Gasteiger partial charge >= 0.3 is 0 Å². The van der Waals surface area contributed by atoms with Crippen LogP contribution in [0.25, 0.3) is 0 Å². The number of aromatic amines is 1. The van der Waals surface area contributed by atoms with Crippen molar-refractivity contribution in [3.8, 4) is 12.3 Å². The zero-order valence-electron chi connectivity index (χ0n) is 7.65. The maximum absolute atomic E-state index is 11.5. The Morgan fingerprint density at radius 2 is 2.50 bits per heavy atom. The summed E-state index contributed by atoms with van der Waals surface area (Å²) in [5, 5.41) is 0. The summed E-state index contributed by atoms with van der Waals surface area (Å²) in [4.78, 5) is 29.5. The summed E-state index contributed by atoms with van der Waals surface area (Å²) in [5.74, 6) is 2.01. The molecule has 1 N–H and O–H groups in total. The van der Waals surface area contributed by atoms with E-state index >= 15 is 0 Å². The summed E-state index contributed by atoms with van der Waals surface area (Å²) >= 11 is 0. The van der Waals surface area contributed by atoms with Crippen LogP contribution >= 0.6 is 0 Å². The Labute approximate surface area is 80.8 Å². The second-order valence-electron chi connectivity index (χ2n) is 2.66. The van der Waals surface area contributed by atoms with Crippen molar-refractivity contribution in [2.75, 3.05) is 13.6 Å². The number of carbonyl (C=O) groups is 1. The fourth-order valence-electron chi connectivity index (χ4n) is 0.863. The molecule has 0 saturated carbocycles. The van der Waals surface area contributed by atoms with Crippen LogP contribution < -0.4 is 5.56 Å². The maximum Gasteiger partial charge on any atom is 0.274 e. The topological polar surface area (TPSA) is 66.1 Å². The second-order valence-corrected chi connectivity index (χ2v) is 2.66. The largest absolute Gasteiger partial charge is 0.329 e.